The molecule has 1 aromatic heterocycles. The van der Waals surface area contributed by atoms with Gasteiger partial charge in [-0.2, -0.15) is 0 Å². The highest BCUT2D eigenvalue weighted by atomic mass is 32.2. The molecule has 0 aliphatic carbocycles. The van der Waals surface area contributed by atoms with Gasteiger partial charge < -0.3 is 15.2 Å². The van der Waals surface area contributed by atoms with Gasteiger partial charge in [0.1, 0.15) is 5.76 Å². The Morgan fingerprint density at radius 2 is 2.04 bits per heavy atom. The summed E-state index contributed by atoms with van der Waals surface area (Å²) in [7, 11) is 0. The summed E-state index contributed by atoms with van der Waals surface area (Å²) in [6, 6.07) is 9.21. The molecule has 122 valence electrons. The average Bonchev–Trinajstić information content (AvgIpc) is 2.90. The molecule has 2 rings (SSSR count). The fraction of sp³-hybridized carbons (Fsp3) is 0.312. The number of hydrogen-bond acceptors (Lipinski definition) is 5. The summed E-state index contributed by atoms with van der Waals surface area (Å²) in [5.41, 5.74) is 1.83. The Labute approximate surface area is 139 Å². The highest BCUT2D eigenvalue weighted by molar-refractivity contribution is 8.01. The highest BCUT2D eigenvalue weighted by Crippen LogP contribution is 2.15. The van der Waals surface area contributed by atoms with Crippen LogP contribution in [0.3, 0.4) is 0 Å². The van der Waals surface area contributed by atoms with Crippen LogP contribution >= 0.6 is 11.8 Å². The second-order valence-corrected chi connectivity index (χ2v) is 6.51. The molecule has 1 aromatic carbocycles. The van der Waals surface area contributed by atoms with Crippen LogP contribution < -0.4 is 10.6 Å². The van der Waals surface area contributed by atoms with Gasteiger partial charge in [-0.05, 0) is 38.5 Å². The van der Waals surface area contributed by atoms with Gasteiger partial charge in [0.05, 0.1) is 11.0 Å². The zero-order chi connectivity index (χ0) is 16.8. The third-order valence-corrected chi connectivity index (χ3v) is 4.16. The number of nitrogens with one attached hydrogen (secondary N) is 2. The van der Waals surface area contributed by atoms with E-state index < -0.39 is 0 Å². The van der Waals surface area contributed by atoms with Crippen LogP contribution in [0.4, 0.5) is 11.5 Å². The van der Waals surface area contributed by atoms with Gasteiger partial charge in [-0.1, -0.05) is 17.3 Å². The van der Waals surface area contributed by atoms with Crippen molar-refractivity contribution in [2.45, 2.75) is 26.0 Å². The van der Waals surface area contributed by atoms with E-state index in [2.05, 4.69) is 15.8 Å². The van der Waals surface area contributed by atoms with Crippen LogP contribution in [0.25, 0.3) is 0 Å². The standard InChI is InChI=1S/C16H19N3O3S/c1-10-5-4-6-13(7-10)17-15(20)9-23-12(3)16(21)18-14-8-11(2)22-19-14/h4-8,12H,9H2,1-3H3,(H,17,20)(H,18,19,21)/t12-/m1/s1. The Balaban J connectivity index is 1.77. The summed E-state index contributed by atoms with van der Waals surface area (Å²) in [5.74, 6) is 0.840. The number of aryl methyl sites for hydroxylation is 2. The lowest BCUT2D eigenvalue weighted by Crippen LogP contribution is -2.25. The topological polar surface area (TPSA) is 84.2 Å². The summed E-state index contributed by atoms with van der Waals surface area (Å²) in [6.07, 6.45) is 0. The predicted octanol–water partition coefficient (Wildman–Crippen LogP) is 2.99. The fourth-order valence-electron chi connectivity index (χ4n) is 1.85. The van der Waals surface area contributed by atoms with E-state index >= 15 is 0 Å². The van der Waals surface area contributed by atoms with Crippen LogP contribution in [0, 0.1) is 13.8 Å². The van der Waals surface area contributed by atoms with Gasteiger partial charge in [0, 0.05) is 11.8 Å². The maximum Gasteiger partial charge on any atom is 0.238 e. The van der Waals surface area contributed by atoms with Crippen molar-refractivity contribution in [3.8, 4) is 0 Å². The molecule has 0 spiro atoms. The van der Waals surface area contributed by atoms with Crippen molar-refractivity contribution in [2.24, 2.45) is 0 Å². The molecule has 0 saturated carbocycles. The molecule has 1 atom stereocenters. The van der Waals surface area contributed by atoms with E-state index in [1.165, 1.54) is 11.8 Å². The fourth-order valence-corrected chi connectivity index (χ4v) is 2.53. The van der Waals surface area contributed by atoms with Gasteiger partial charge >= 0.3 is 0 Å². The number of thioether (sulfide) groups is 1. The molecule has 2 amide bonds. The van der Waals surface area contributed by atoms with Gasteiger partial charge in [0.15, 0.2) is 5.82 Å². The first kappa shape index (κ1) is 17.1. The summed E-state index contributed by atoms with van der Waals surface area (Å²) >= 11 is 1.26. The molecule has 1 heterocycles. The van der Waals surface area contributed by atoms with Crippen molar-refractivity contribution in [3.63, 3.8) is 0 Å². The summed E-state index contributed by atoms with van der Waals surface area (Å²) in [6.45, 7) is 5.45. The number of carbonyl (C=O) groups excluding carboxylic acids is 2. The third-order valence-electron chi connectivity index (χ3n) is 3.01. The number of rotatable bonds is 6. The van der Waals surface area contributed by atoms with Crippen LogP contribution in [-0.2, 0) is 9.59 Å². The van der Waals surface area contributed by atoms with E-state index in [1.807, 2.05) is 31.2 Å². The predicted molar refractivity (Wildman–Crippen MR) is 91.6 cm³/mol. The quantitative estimate of drug-likeness (QED) is 0.849. The Kier molecular flexibility index (Phi) is 5.81. The number of amides is 2. The molecule has 0 aliphatic rings. The Hall–Kier alpha value is -2.28. The molecule has 0 radical (unpaired) electrons. The van der Waals surface area contributed by atoms with Crippen molar-refractivity contribution in [3.05, 3.63) is 41.7 Å². The number of nitrogens with zero attached hydrogens (tertiary/aromatic N) is 1. The van der Waals surface area contributed by atoms with Crippen molar-refractivity contribution in [1.29, 1.82) is 0 Å². The molecule has 0 aliphatic heterocycles. The monoisotopic (exact) mass is 333 g/mol. The van der Waals surface area contributed by atoms with Gasteiger partial charge in [-0.15, -0.1) is 11.8 Å². The van der Waals surface area contributed by atoms with Crippen molar-refractivity contribution in [1.82, 2.24) is 5.16 Å². The molecule has 6 nitrogen and oxygen atoms in total. The maximum absolute atomic E-state index is 12.0. The Morgan fingerprint density at radius 1 is 1.26 bits per heavy atom. The van der Waals surface area contributed by atoms with Crippen LogP contribution in [0.5, 0.6) is 0 Å². The van der Waals surface area contributed by atoms with Crippen molar-refractivity contribution < 1.29 is 14.1 Å². The molecule has 2 N–H and O–H groups in total. The van der Waals surface area contributed by atoms with Crippen molar-refractivity contribution in [2.75, 3.05) is 16.4 Å². The lowest BCUT2D eigenvalue weighted by Gasteiger charge is -2.10. The van der Waals surface area contributed by atoms with Gasteiger partial charge in [0.25, 0.3) is 0 Å². The summed E-state index contributed by atoms with van der Waals surface area (Å²) in [5, 5.41) is 8.78. The number of carbonyl (C=O) groups is 2. The first-order valence-corrected chi connectivity index (χ1v) is 8.21. The van der Waals surface area contributed by atoms with Crippen LogP contribution in [0.15, 0.2) is 34.9 Å². The minimum absolute atomic E-state index is 0.141. The molecule has 0 bridgehead atoms. The van der Waals surface area contributed by atoms with Gasteiger partial charge in [-0.3, -0.25) is 9.59 Å². The van der Waals surface area contributed by atoms with Crippen LogP contribution in [-0.4, -0.2) is 28.0 Å². The molecular weight excluding hydrogens is 314 g/mol. The van der Waals surface area contributed by atoms with Gasteiger partial charge in [0.2, 0.25) is 11.8 Å². The lowest BCUT2D eigenvalue weighted by atomic mass is 10.2. The van der Waals surface area contributed by atoms with E-state index in [0.29, 0.717) is 11.6 Å². The van der Waals surface area contributed by atoms with Gasteiger partial charge in [-0.25, -0.2) is 0 Å². The summed E-state index contributed by atoms with van der Waals surface area (Å²) in [4.78, 5) is 23.9. The molecule has 0 fully saturated rings. The molecular formula is C16H19N3O3S. The normalized spacial score (nSPS) is 11.8. The zero-order valence-electron chi connectivity index (χ0n) is 13.3. The second-order valence-electron chi connectivity index (χ2n) is 5.18. The van der Waals surface area contributed by atoms with Crippen molar-refractivity contribution >= 4 is 35.1 Å². The van der Waals surface area contributed by atoms with E-state index in [0.717, 1.165) is 11.3 Å². The van der Waals surface area contributed by atoms with E-state index in [1.54, 1.807) is 19.9 Å². The third kappa shape index (κ3) is 5.45. The SMILES string of the molecule is Cc1cccc(NC(=O)CS[C@H](C)C(=O)Nc2cc(C)on2)c1. The van der Waals surface area contributed by atoms with E-state index in [-0.39, 0.29) is 22.8 Å². The average molecular weight is 333 g/mol. The molecule has 23 heavy (non-hydrogen) atoms. The molecule has 2 aromatic rings. The Morgan fingerprint density at radius 3 is 2.70 bits per heavy atom. The number of benzene rings is 1. The van der Waals surface area contributed by atoms with Crippen LogP contribution in [0.2, 0.25) is 0 Å². The smallest absolute Gasteiger partial charge is 0.238 e. The van der Waals surface area contributed by atoms with Crippen LogP contribution in [0.1, 0.15) is 18.2 Å². The number of aromatic nitrogens is 1. The minimum atomic E-state index is -0.379. The Bertz CT molecular complexity index is 699. The van der Waals surface area contributed by atoms with E-state index in [9.17, 15) is 9.59 Å². The first-order valence-electron chi connectivity index (χ1n) is 7.16. The summed E-state index contributed by atoms with van der Waals surface area (Å²) < 4.78 is 4.88. The zero-order valence-corrected chi connectivity index (χ0v) is 14.1. The lowest BCUT2D eigenvalue weighted by molar-refractivity contribution is -0.115. The number of hydrogen-bond donors (Lipinski definition) is 2. The molecule has 7 heteroatoms. The van der Waals surface area contributed by atoms with E-state index in [4.69, 9.17) is 4.52 Å². The first-order chi connectivity index (χ1) is 10.9. The molecule has 0 saturated heterocycles. The molecule has 0 unspecified atom stereocenters. The maximum atomic E-state index is 12.0. The largest absolute Gasteiger partial charge is 0.360 e. The minimum Gasteiger partial charge on any atom is -0.360 e. The second kappa shape index (κ2) is 7.82. The number of anilines is 2. The highest BCUT2D eigenvalue weighted by Gasteiger charge is 2.16.